The smallest absolute Gasteiger partial charge is 0.337 e. The van der Waals surface area contributed by atoms with E-state index in [1.165, 1.54) is 38.2 Å². The molecule has 0 bridgehead atoms. The van der Waals surface area contributed by atoms with Gasteiger partial charge in [0.05, 0.1) is 34.7 Å². The summed E-state index contributed by atoms with van der Waals surface area (Å²) in [7, 11) is -2.11. The van der Waals surface area contributed by atoms with Crippen molar-refractivity contribution in [2.75, 3.05) is 11.9 Å². The number of aryl methyl sites for hydroxylation is 1. The number of rotatable bonds is 9. The van der Waals surface area contributed by atoms with Crippen molar-refractivity contribution in [1.29, 1.82) is 0 Å². The summed E-state index contributed by atoms with van der Waals surface area (Å²) in [4.78, 5) is 42.3. The number of sulfone groups is 1. The second-order valence-corrected chi connectivity index (χ2v) is 14.6. The molecule has 2 heterocycles. The summed E-state index contributed by atoms with van der Waals surface area (Å²) in [6.45, 7) is 3.71. The Morgan fingerprint density at radius 1 is 1.00 bits per heavy atom. The van der Waals surface area contributed by atoms with E-state index in [1.54, 1.807) is 42.5 Å². The molecule has 1 fully saturated rings. The minimum Gasteiger partial charge on any atom is -0.494 e. The number of benzene rings is 3. The van der Waals surface area contributed by atoms with Crippen LogP contribution >= 0.6 is 22.6 Å². The zero-order chi connectivity index (χ0) is 32.9. The standard InChI is InChI=1S/C33H30FIN4O6S/c1-4-45-23-11-8-20(9-12-23)18-38-32(41)28-29(36-22-6-5-7-25(17-22)46(43,44)24-13-14-24)19(2)31(40)37(3)30(28)39(33(38)42)27-15-10-21(35)16-26(27)34/h5-12,15-17,24,36H,4,13-14,18H2,1-3H3. The molecule has 1 N–H and O–H groups in total. The summed E-state index contributed by atoms with van der Waals surface area (Å²) in [5.74, 6) is -0.0967. The molecule has 10 nitrogen and oxygen atoms in total. The Kier molecular flexibility index (Phi) is 8.40. The van der Waals surface area contributed by atoms with E-state index in [1.807, 2.05) is 29.5 Å². The summed E-state index contributed by atoms with van der Waals surface area (Å²) in [6, 6.07) is 17.4. The first-order chi connectivity index (χ1) is 21.9. The number of aromatic nitrogens is 3. The molecule has 46 heavy (non-hydrogen) atoms. The van der Waals surface area contributed by atoms with Crippen LogP contribution in [0.3, 0.4) is 0 Å². The van der Waals surface area contributed by atoms with Crippen molar-refractivity contribution >= 4 is 54.8 Å². The summed E-state index contributed by atoms with van der Waals surface area (Å²) in [6.07, 6.45) is 1.19. The third kappa shape index (κ3) is 5.66. The predicted octanol–water partition coefficient (Wildman–Crippen LogP) is 5.03. The van der Waals surface area contributed by atoms with E-state index in [9.17, 15) is 22.8 Å². The normalized spacial score (nSPS) is 13.2. The summed E-state index contributed by atoms with van der Waals surface area (Å²) < 4.78 is 50.9. The van der Waals surface area contributed by atoms with Gasteiger partial charge in [0.15, 0.2) is 9.84 Å². The van der Waals surface area contributed by atoms with Crippen molar-refractivity contribution in [1.82, 2.24) is 13.7 Å². The van der Waals surface area contributed by atoms with Gasteiger partial charge < -0.3 is 10.1 Å². The Hall–Kier alpha value is -4.24. The Bertz CT molecular complexity index is 2310. The minimum atomic E-state index is -3.53. The molecule has 0 radical (unpaired) electrons. The average Bonchev–Trinajstić information content (AvgIpc) is 3.89. The Morgan fingerprint density at radius 2 is 1.72 bits per heavy atom. The van der Waals surface area contributed by atoms with Crippen LogP contribution in [0, 0.1) is 16.3 Å². The highest BCUT2D eigenvalue weighted by Gasteiger charge is 2.37. The number of nitrogens with zero attached hydrogens (tertiary/aromatic N) is 3. The molecule has 238 valence electrons. The van der Waals surface area contributed by atoms with E-state index in [4.69, 9.17) is 4.74 Å². The number of nitrogens with one attached hydrogen (secondary N) is 1. The predicted molar refractivity (Wildman–Crippen MR) is 183 cm³/mol. The van der Waals surface area contributed by atoms with Crippen LogP contribution in [0.15, 0.2) is 86.0 Å². The molecular formula is C33H30FIN4O6S. The molecule has 5 aromatic rings. The molecule has 1 aliphatic carbocycles. The second-order valence-electron chi connectivity index (χ2n) is 11.1. The van der Waals surface area contributed by atoms with Gasteiger partial charge >= 0.3 is 5.69 Å². The maximum Gasteiger partial charge on any atom is 0.337 e. The lowest BCUT2D eigenvalue weighted by Gasteiger charge is -2.21. The van der Waals surface area contributed by atoms with Gasteiger partial charge in [-0.25, -0.2) is 22.2 Å². The van der Waals surface area contributed by atoms with E-state index in [0.29, 0.717) is 40.0 Å². The van der Waals surface area contributed by atoms with E-state index in [0.717, 1.165) is 13.7 Å². The monoisotopic (exact) mass is 756 g/mol. The topological polar surface area (TPSA) is 121 Å². The lowest BCUT2D eigenvalue weighted by atomic mass is 10.1. The van der Waals surface area contributed by atoms with Gasteiger partial charge in [0.25, 0.3) is 11.1 Å². The van der Waals surface area contributed by atoms with Crippen molar-refractivity contribution in [3.8, 4) is 11.4 Å². The largest absolute Gasteiger partial charge is 0.494 e. The molecule has 0 atom stereocenters. The molecule has 3 aromatic carbocycles. The fourth-order valence-corrected chi connectivity index (χ4v) is 7.66. The summed E-state index contributed by atoms with van der Waals surface area (Å²) >= 11 is 1.95. The number of ether oxygens (including phenoxy) is 1. The SMILES string of the molecule is CCOc1ccc(Cn2c(=O)c3c(Nc4cccc(S(=O)(=O)C5CC5)c4)c(C)c(=O)n(C)c3n(-c3ccc(I)cc3F)c2=O)cc1. The molecule has 0 saturated heterocycles. The van der Waals surface area contributed by atoms with Crippen LogP contribution in [0.2, 0.25) is 0 Å². The van der Waals surface area contributed by atoms with Crippen molar-refractivity contribution in [3.63, 3.8) is 0 Å². The van der Waals surface area contributed by atoms with Gasteiger partial charge in [-0.05, 0) is 103 Å². The van der Waals surface area contributed by atoms with Gasteiger partial charge in [-0.15, -0.1) is 0 Å². The number of halogens is 2. The molecule has 1 aliphatic rings. The van der Waals surface area contributed by atoms with Crippen LogP contribution < -0.4 is 26.9 Å². The van der Waals surface area contributed by atoms with Gasteiger partial charge in [-0.1, -0.05) is 18.2 Å². The molecule has 13 heteroatoms. The molecular weight excluding hydrogens is 726 g/mol. The summed E-state index contributed by atoms with van der Waals surface area (Å²) in [5, 5.41) is 2.64. The number of fused-ring (bicyclic) bond motifs is 1. The van der Waals surface area contributed by atoms with Crippen molar-refractivity contribution < 1.29 is 17.5 Å². The number of hydrogen-bond acceptors (Lipinski definition) is 7. The van der Waals surface area contributed by atoms with Crippen molar-refractivity contribution in [2.45, 2.75) is 43.4 Å². The third-order valence-corrected chi connectivity index (χ3v) is 10.9. The Morgan fingerprint density at radius 3 is 2.37 bits per heavy atom. The van der Waals surface area contributed by atoms with Gasteiger partial charge in [0, 0.05) is 21.9 Å². The van der Waals surface area contributed by atoms with Crippen molar-refractivity contribution in [3.05, 3.63) is 118 Å². The first-order valence-corrected chi connectivity index (χ1v) is 17.2. The Balaban J connectivity index is 1.64. The number of anilines is 2. The Labute approximate surface area is 277 Å². The number of pyridine rings is 1. The van der Waals surface area contributed by atoms with Crippen LogP contribution in [0.4, 0.5) is 15.8 Å². The average molecular weight is 757 g/mol. The maximum absolute atomic E-state index is 15.6. The van der Waals surface area contributed by atoms with Gasteiger partial charge in [0.1, 0.15) is 22.6 Å². The van der Waals surface area contributed by atoms with Gasteiger partial charge in [-0.2, -0.15) is 0 Å². The second kappa shape index (κ2) is 12.2. The maximum atomic E-state index is 15.6. The van der Waals surface area contributed by atoms with Crippen LogP contribution in [-0.2, 0) is 23.4 Å². The van der Waals surface area contributed by atoms with Crippen LogP contribution in [0.5, 0.6) is 5.75 Å². The number of hydrogen-bond donors (Lipinski definition) is 1. The highest BCUT2D eigenvalue weighted by Crippen LogP contribution is 2.35. The van der Waals surface area contributed by atoms with Crippen molar-refractivity contribution in [2.24, 2.45) is 7.05 Å². The fourth-order valence-electron chi connectivity index (χ4n) is 5.50. The molecule has 0 aliphatic heterocycles. The zero-order valence-electron chi connectivity index (χ0n) is 25.2. The van der Waals surface area contributed by atoms with Crippen LogP contribution in [0.25, 0.3) is 16.7 Å². The molecule has 1 saturated carbocycles. The van der Waals surface area contributed by atoms with E-state index in [2.05, 4.69) is 5.32 Å². The van der Waals surface area contributed by atoms with E-state index >= 15 is 4.39 Å². The first kappa shape index (κ1) is 31.7. The minimum absolute atomic E-state index is 0.0430. The summed E-state index contributed by atoms with van der Waals surface area (Å²) in [5.41, 5.74) is -1.14. The molecule has 2 aromatic heterocycles. The molecule has 0 spiro atoms. The molecule has 0 amide bonds. The quantitative estimate of drug-likeness (QED) is 0.210. The fraction of sp³-hybridized carbons (Fsp3) is 0.242. The zero-order valence-corrected chi connectivity index (χ0v) is 28.2. The first-order valence-electron chi connectivity index (χ1n) is 14.6. The highest BCUT2D eigenvalue weighted by atomic mass is 127. The van der Waals surface area contributed by atoms with E-state index in [-0.39, 0.29) is 39.4 Å². The lowest BCUT2D eigenvalue weighted by molar-refractivity contribution is 0.340. The highest BCUT2D eigenvalue weighted by molar-refractivity contribution is 14.1. The van der Waals surface area contributed by atoms with E-state index < -0.39 is 37.7 Å². The van der Waals surface area contributed by atoms with Crippen LogP contribution in [-0.4, -0.2) is 34.0 Å². The lowest BCUT2D eigenvalue weighted by Crippen LogP contribution is -2.42. The van der Waals surface area contributed by atoms with Gasteiger partial charge in [-0.3, -0.25) is 18.7 Å². The van der Waals surface area contributed by atoms with Gasteiger partial charge in [0.2, 0.25) is 0 Å². The third-order valence-electron chi connectivity index (χ3n) is 8.01. The molecule has 6 rings (SSSR count). The molecule has 0 unspecified atom stereocenters. The van der Waals surface area contributed by atoms with Crippen LogP contribution in [0.1, 0.15) is 30.9 Å².